The van der Waals surface area contributed by atoms with Crippen LogP contribution in [0, 0.1) is 0 Å². The van der Waals surface area contributed by atoms with Crippen molar-refractivity contribution in [2.45, 2.75) is 77.6 Å². The molecular weight excluding hydrogens is 431 g/mol. The van der Waals surface area contributed by atoms with E-state index in [1.54, 1.807) is 0 Å². The van der Waals surface area contributed by atoms with Crippen LogP contribution >= 0.6 is 7.26 Å². The van der Waals surface area contributed by atoms with Crippen molar-refractivity contribution in [3.05, 3.63) is 90.5 Å². The molecule has 1 N–H and O–H groups in total. The first kappa shape index (κ1) is 26.7. The number of rotatable bonds is 16. The van der Waals surface area contributed by atoms with Gasteiger partial charge in [-0.05, 0) is 54.8 Å². The lowest BCUT2D eigenvalue weighted by Gasteiger charge is -2.27. The molecule has 0 unspecified atom stereocenters. The van der Waals surface area contributed by atoms with Gasteiger partial charge >= 0.3 is 0 Å². The first-order valence-electron chi connectivity index (χ1n) is 13.5. The van der Waals surface area contributed by atoms with Gasteiger partial charge in [0.05, 0.1) is 12.8 Å². The van der Waals surface area contributed by atoms with Crippen molar-refractivity contribution in [3.8, 4) is 0 Å². The molecule has 0 radical (unpaired) electrons. The van der Waals surface area contributed by atoms with Crippen molar-refractivity contribution >= 4 is 23.2 Å². The van der Waals surface area contributed by atoms with Gasteiger partial charge in [0.25, 0.3) is 0 Å². The van der Waals surface area contributed by atoms with Gasteiger partial charge in [-0.2, -0.15) is 0 Å². The molecule has 3 aromatic carbocycles. The number of aliphatic hydroxyl groups excluding tert-OH is 1. The molecular formula is C32H44OP+. The second-order valence-corrected chi connectivity index (χ2v) is 13.1. The molecule has 1 nitrogen and oxygen atoms in total. The summed E-state index contributed by atoms with van der Waals surface area (Å²) in [4.78, 5) is 0. The lowest BCUT2D eigenvalue weighted by Crippen LogP contribution is -2.34. The van der Waals surface area contributed by atoms with Crippen LogP contribution in [0.4, 0.5) is 0 Å². The highest BCUT2D eigenvalue weighted by atomic mass is 31.2. The summed E-state index contributed by atoms with van der Waals surface area (Å²) in [6.45, 7) is 2.48. The van der Waals surface area contributed by atoms with Crippen molar-refractivity contribution in [2.24, 2.45) is 0 Å². The van der Waals surface area contributed by atoms with Crippen LogP contribution in [0.3, 0.4) is 0 Å². The van der Waals surface area contributed by atoms with Gasteiger partial charge in [0.15, 0.2) is 0 Å². The average molecular weight is 476 g/mol. The number of benzene rings is 3. The largest absolute Gasteiger partial charge is 0.393 e. The van der Waals surface area contributed by atoms with Crippen molar-refractivity contribution < 1.29 is 5.11 Å². The Morgan fingerprint density at radius 1 is 0.529 bits per heavy atom. The summed E-state index contributed by atoms with van der Waals surface area (Å²) in [7, 11) is -1.88. The van der Waals surface area contributed by atoms with Gasteiger partial charge in [-0.25, -0.2) is 0 Å². The van der Waals surface area contributed by atoms with Crippen molar-refractivity contribution in [1.82, 2.24) is 0 Å². The van der Waals surface area contributed by atoms with Gasteiger partial charge in [-0.15, -0.1) is 0 Å². The summed E-state index contributed by atoms with van der Waals surface area (Å²) in [5.41, 5.74) is 1.44. The molecule has 0 saturated carbocycles. The lowest BCUT2D eigenvalue weighted by molar-refractivity contribution is 0.321. The molecule has 0 aliphatic heterocycles. The lowest BCUT2D eigenvalue weighted by atomic mass is 10.0. The zero-order valence-electron chi connectivity index (χ0n) is 21.2. The summed E-state index contributed by atoms with van der Waals surface area (Å²) in [6.07, 6.45) is 15.7. The first-order chi connectivity index (χ1) is 16.8. The van der Waals surface area contributed by atoms with Gasteiger partial charge in [-0.1, -0.05) is 113 Å². The third-order valence-corrected chi connectivity index (χ3v) is 11.4. The number of aliphatic hydroxyl groups is 1. The van der Waals surface area contributed by atoms with E-state index in [-0.39, 0.29) is 6.61 Å². The minimum atomic E-state index is -1.88. The molecule has 2 heteroatoms. The molecule has 3 aromatic rings. The third kappa shape index (κ3) is 7.53. The Morgan fingerprint density at radius 3 is 1.44 bits per heavy atom. The molecule has 0 spiro atoms. The van der Waals surface area contributed by atoms with Crippen LogP contribution in [-0.2, 0) is 6.42 Å². The fourth-order valence-corrected chi connectivity index (χ4v) is 9.07. The molecule has 0 fully saturated rings. The summed E-state index contributed by atoms with van der Waals surface area (Å²) >= 11 is 0. The maximum atomic E-state index is 10.1. The molecule has 3 rings (SSSR count). The Morgan fingerprint density at radius 2 is 0.971 bits per heavy atom. The van der Waals surface area contributed by atoms with E-state index in [0.29, 0.717) is 0 Å². The van der Waals surface area contributed by atoms with Gasteiger partial charge in [0.1, 0.15) is 23.2 Å². The molecule has 0 bridgehead atoms. The van der Waals surface area contributed by atoms with Gasteiger partial charge in [-0.3, -0.25) is 0 Å². The number of aryl methyl sites for hydroxylation is 1. The maximum absolute atomic E-state index is 10.1. The summed E-state index contributed by atoms with van der Waals surface area (Å²) < 4.78 is 0. The Labute approximate surface area is 209 Å². The first-order valence-corrected chi connectivity index (χ1v) is 15.5. The molecule has 0 amide bonds. The van der Waals surface area contributed by atoms with Crippen molar-refractivity contribution in [2.75, 3.05) is 12.8 Å². The predicted molar refractivity (Wildman–Crippen MR) is 153 cm³/mol. The van der Waals surface area contributed by atoms with Gasteiger partial charge in [0, 0.05) is 0 Å². The normalized spacial score (nSPS) is 11.6. The van der Waals surface area contributed by atoms with E-state index in [4.69, 9.17) is 0 Å². The molecule has 0 aliphatic rings. The smallest absolute Gasteiger partial charge is 0.114 e. The minimum Gasteiger partial charge on any atom is -0.393 e. The fourth-order valence-electron chi connectivity index (χ4n) is 5.08. The molecule has 182 valence electrons. The van der Waals surface area contributed by atoms with Crippen LogP contribution in [0.2, 0.25) is 0 Å². The van der Waals surface area contributed by atoms with E-state index in [1.807, 2.05) is 0 Å². The van der Waals surface area contributed by atoms with Gasteiger partial charge in [0.2, 0.25) is 0 Å². The van der Waals surface area contributed by atoms with Crippen molar-refractivity contribution in [1.29, 1.82) is 0 Å². The summed E-state index contributed by atoms with van der Waals surface area (Å²) in [5, 5.41) is 14.2. The van der Waals surface area contributed by atoms with Crippen LogP contribution in [0.15, 0.2) is 84.9 Å². The number of hydrogen-bond donors (Lipinski definition) is 1. The monoisotopic (exact) mass is 475 g/mol. The third-order valence-electron chi connectivity index (χ3n) is 7.03. The average Bonchev–Trinajstić information content (AvgIpc) is 2.90. The van der Waals surface area contributed by atoms with E-state index in [2.05, 4.69) is 91.9 Å². The standard InChI is InChI=1S/C32H44OP/c1-2-3-4-5-6-7-8-9-10-13-18-29-23-25-32(26-24-29)34(28-27-33,30-19-14-11-15-20-30)31-21-16-12-17-22-31/h11-12,14-17,19-26,33H,2-10,13,18,27-28H2,1H3/q+1. The molecule has 34 heavy (non-hydrogen) atoms. The fraction of sp³-hybridized carbons (Fsp3) is 0.438. The zero-order valence-corrected chi connectivity index (χ0v) is 22.1. The summed E-state index contributed by atoms with van der Waals surface area (Å²) in [5.74, 6) is 0. The molecule has 0 saturated heterocycles. The zero-order chi connectivity index (χ0) is 23.9. The van der Waals surface area contributed by atoms with Crippen LogP contribution in [0.5, 0.6) is 0 Å². The van der Waals surface area contributed by atoms with E-state index >= 15 is 0 Å². The van der Waals surface area contributed by atoms with E-state index in [9.17, 15) is 5.11 Å². The second kappa shape index (κ2) is 15.1. The van der Waals surface area contributed by atoms with Crippen LogP contribution < -0.4 is 15.9 Å². The van der Waals surface area contributed by atoms with E-state index in [1.165, 1.54) is 92.1 Å². The van der Waals surface area contributed by atoms with Crippen LogP contribution in [0.1, 0.15) is 76.7 Å². The molecule has 0 aliphatic carbocycles. The highest BCUT2D eigenvalue weighted by molar-refractivity contribution is 7.95. The Bertz CT molecular complexity index is 865. The maximum Gasteiger partial charge on any atom is 0.114 e. The molecule has 0 heterocycles. The second-order valence-electron chi connectivity index (χ2n) is 9.53. The topological polar surface area (TPSA) is 20.2 Å². The quantitative estimate of drug-likeness (QED) is 0.169. The summed E-state index contributed by atoms with van der Waals surface area (Å²) in [6, 6.07) is 31.0. The van der Waals surface area contributed by atoms with E-state index in [0.717, 1.165) is 6.16 Å². The SMILES string of the molecule is CCCCCCCCCCCCc1ccc([P+](CCO)(c2ccccc2)c2ccccc2)cc1. The highest BCUT2D eigenvalue weighted by Crippen LogP contribution is 2.54. The Balaban J connectivity index is 1.61. The molecule has 0 aromatic heterocycles. The minimum absolute atomic E-state index is 0.192. The number of hydrogen-bond acceptors (Lipinski definition) is 1. The van der Waals surface area contributed by atoms with Crippen LogP contribution in [0.25, 0.3) is 0 Å². The Kier molecular flexibility index (Phi) is 11.9. The predicted octanol–water partition coefficient (Wildman–Crippen LogP) is 7.44. The van der Waals surface area contributed by atoms with E-state index < -0.39 is 7.26 Å². The van der Waals surface area contributed by atoms with Crippen molar-refractivity contribution in [3.63, 3.8) is 0 Å². The molecule has 0 atom stereocenters. The number of unbranched alkanes of at least 4 members (excludes halogenated alkanes) is 9. The Hall–Kier alpha value is -1.95. The van der Waals surface area contributed by atoms with Gasteiger partial charge < -0.3 is 5.11 Å². The van der Waals surface area contributed by atoms with Crippen LogP contribution in [-0.4, -0.2) is 17.9 Å². The highest BCUT2D eigenvalue weighted by Gasteiger charge is 2.44.